The van der Waals surface area contributed by atoms with Crippen LogP contribution >= 0.6 is 0 Å². The summed E-state index contributed by atoms with van der Waals surface area (Å²) in [6.07, 6.45) is 5.14. The van der Waals surface area contributed by atoms with E-state index in [1.165, 1.54) is 12.8 Å². The van der Waals surface area contributed by atoms with Crippen LogP contribution in [-0.2, 0) is 6.42 Å². The monoisotopic (exact) mass is 278 g/mol. The molecule has 1 saturated carbocycles. The molecule has 0 bridgehead atoms. The van der Waals surface area contributed by atoms with E-state index in [1.54, 1.807) is 0 Å². The molecule has 2 aromatic heterocycles. The van der Waals surface area contributed by atoms with Crippen molar-refractivity contribution in [2.75, 3.05) is 5.73 Å². The van der Waals surface area contributed by atoms with Crippen LogP contribution in [0.3, 0.4) is 0 Å². The second-order valence-electron chi connectivity index (χ2n) is 5.60. The zero-order valence-corrected chi connectivity index (χ0v) is 12.1. The van der Waals surface area contributed by atoms with Gasteiger partial charge in [0.15, 0.2) is 0 Å². The first-order valence-electron chi connectivity index (χ1n) is 7.50. The van der Waals surface area contributed by atoms with Crippen LogP contribution < -0.4 is 5.73 Å². The minimum absolute atomic E-state index is 0.545. The molecule has 2 N–H and O–H groups in total. The Morgan fingerprint density at radius 3 is 2.81 bits per heavy atom. The molecule has 1 fully saturated rings. The topological polar surface area (TPSA) is 56.7 Å². The van der Waals surface area contributed by atoms with Gasteiger partial charge in [-0.25, -0.2) is 4.98 Å². The first kappa shape index (κ1) is 12.4. The van der Waals surface area contributed by atoms with Crippen molar-refractivity contribution in [3.63, 3.8) is 0 Å². The Labute approximate surface area is 123 Å². The smallest absolute Gasteiger partial charge is 0.132 e. The molecule has 4 heteroatoms. The van der Waals surface area contributed by atoms with Crippen LogP contribution in [0.5, 0.6) is 0 Å². The Morgan fingerprint density at radius 2 is 2.05 bits per heavy atom. The van der Waals surface area contributed by atoms with Gasteiger partial charge in [0.25, 0.3) is 0 Å². The summed E-state index contributed by atoms with van der Waals surface area (Å²) in [6, 6.07) is 10.7. The molecule has 21 heavy (non-hydrogen) atoms. The fourth-order valence-corrected chi connectivity index (χ4v) is 2.98. The van der Waals surface area contributed by atoms with Crippen LogP contribution in [0.2, 0.25) is 0 Å². The van der Waals surface area contributed by atoms with E-state index in [0.717, 1.165) is 40.2 Å². The van der Waals surface area contributed by atoms with E-state index in [1.807, 2.05) is 18.3 Å². The van der Waals surface area contributed by atoms with Crippen LogP contribution in [0.1, 0.15) is 31.6 Å². The Kier molecular flexibility index (Phi) is 2.70. The van der Waals surface area contributed by atoms with Crippen molar-refractivity contribution in [1.82, 2.24) is 14.5 Å². The van der Waals surface area contributed by atoms with E-state index in [2.05, 4.69) is 34.7 Å². The fourth-order valence-electron chi connectivity index (χ4n) is 2.98. The minimum Gasteiger partial charge on any atom is -0.383 e. The van der Waals surface area contributed by atoms with E-state index in [-0.39, 0.29) is 0 Å². The summed E-state index contributed by atoms with van der Waals surface area (Å²) in [6.45, 7) is 2.13. The van der Waals surface area contributed by atoms with E-state index in [4.69, 9.17) is 10.7 Å². The summed E-state index contributed by atoms with van der Waals surface area (Å²) in [5.41, 5.74) is 9.29. The third-order valence-corrected chi connectivity index (χ3v) is 4.14. The maximum atomic E-state index is 6.42. The molecule has 4 rings (SSSR count). The zero-order chi connectivity index (χ0) is 14.4. The van der Waals surface area contributed by atoms with Crippen LogP contribution in [0.15, 0.2) is 36.5 Å². The van der Waals surface area contributed by atoms with Gasteiger partial charge < -0.3 is 10.3 Å². The summed E-state index contributed by atoms with van der Waals surface area (Å²) < 4.78 is 2.22. The molecule has 2 heterocycles. The van der Waals surface area contributed by atoms with Gasteiger partial charge in [0.2, 0.25) is 0 Å². The molecule has 0 atom stereocenters. The number of aryl methyl sites for hydroxylation is 1. The van der Waals surface area contributed by atoms with Gasteiger partial charge in [-0.15, -0.1) is 0 Å². The van der Waals surface area contributed by atoms with Gasteiger partial charge in [-0.1, -0.05) is 31.2 Å². The number of nitrogen functional groups attached to an aromatic ring is 1. The lowest BCUT2D eigenvalue weighted by Crippen LogP contribution is -2.04. The number of nitrogens with two attached hydrogens (primary N) is 1. The SMILES string of the molecule is CCc1nc(-c2cccc3cccnc23)c(N)n1C1CC1. The first-order valence-corrected chi connectivity index (χ1v) is 7.50. The third kappa shape index (κ3) is 1.90. The van der Waals surface area contributed by atoms with Crippen LogP contribution in [-0.4, -0.2) is 14.5 Å². The van der Waals surface area contributed by atoms with Gasteiger partial charge in [-0.3, -0.25) is 4.98 Å². The van der Waals surface area contributed by atoms with Crippen LogP contribution in [0, 0.1) is 0 Å². The zero-order valence-electron chi connectivity index (χ0n) is 12.1. The number of hydrogen-bond donors (Lipinski definition) is 1. The summed E-state index contributed by atoms with van der Waals surface area (Å²) in [7, 11) is 0. The number of anilines is 1. The molecular weight excluding hydrogens is 260 g/mol. The predicted molar refractivity (Wildman–Crippen MR) is 85.0 cm³/mol. The number of aromatic nitrogens is 3. The summed E-state index contributed by atoms with van der Waals surface area (Å²) >= 11 is 0. The van der Waals surface area contributed by atoms with E-state index in [0.29, 0.717) is 6.04 Å². The van der Waals surface area contributed by atoms with Crippen LogP contribution in [0.25, 0.3) is 22.2 Å². The highest BCUT2D eigenvalue weighted by atomic mass is 15.2. The average Bonchev–Trinajstić information content (AvgIpc) is 3.30. The van der Waals surface area contributed by atoms with Gasteiger partial charge in [0, 0.05) is 29.6 Å². The number of hydrogen-bond acceptors (Lipinski definition) is 3. The van der Waals surface area contributed by atoms with Crippen molar-refractivity contribution in [1.29, 1.82) is 0 Å². The fraction of sp³-hybridized carbons (Fsp3) is 0.294. The van der Waals surface area contributed by atoms with E-state index in [9.17, 15) is 0 Å². The van der Waals surface area contributed by atoms with Crippen molar-refractivity contribution >= 4 is 16.7 Å². The molecule has 0 aliphatic heterocycles. The third-order valence-electron chi connectivity index (χ3n) is 4.14. The second-order valence-corrected chi connectivity index (χ2v) is 5.60. The number of nitrogens with zero attached hydrogens (tertiary/aromatic N) is 3. The highest BCUT2D eigenvalue weighted by molar-refractivity contribution is 5.94. The van der Waals surface area contributed by atoms with E-state index < -0.39 is 0 Å². The van der Waals surface area contributed by atoms with Crippen LogP contribution in [0.4, 0.5) is 5.82 Å². The standard InChI is InChI=1S/C17H18N4/c1-2-14-20-16(17(18)21(14)12-8-9-12)13-7-3-5-11-6-4-10-19-15(11)13/h3-7,10,12H,2,8-9,18H2,1H3. The molecule has 106 valence electrons. The number of para-hydroxylation sites is 1. The molecule has 1 aliphatic rings. The van der Waals surface area contributed by atoms with Gasteiger partial charge in [-0.05, 0) is 18.9 Å². The van der Waals surface area contributed by atoms with Gasteiger partial charge in [-0.2, -0.15) is 0 Å². The Morgan fingerprint density at radius 1 is 1.24 bits per heavy atom. The lowest BCUT2D eigenvalue weighted by molar-refractivity contribution is 0.696. The number of imidazole rings is 1. The molecule has 0 amide bonds. The molecule has 1 aliphatic carbocycles. The Bertz CT molecular complexity index is 810. The molecule has 1 aromatic carbocycles. The van der Waals surface area contributed by atoms with Crippen molar-refractivity contribution in [2.24, 2.45) is 0 Å². The molecule has 0 unspecified atom stereocenters. The van der Waals surface area contributed by atoms with Crippen molar-refractivity contribution in [3.05, 3.63) is 42.4 Å². The van der Waals surface area contributed by atoms with Crippen molar-refractivity contribution in [2.45, 2.75) is 32.2 Å². The molecule has 3 aromatic rings. The van der Waals surface area contributed by atoms with Gasteiger partial charge in [0.1, 0.15) is 17.3 Å². The largest absolute Gasteiger partial charge is 0.383 e. The maximum absolute atomic E-state index is 6.42. The average molecular weight is 278 g/mol. The summed E-state index contributed by atoms with van der Waals surface area (Å²) in [5, 5.41) is 1.12. The molecule has 4 nitrogen and oxygen atoms in total. The highest BCUT2D eigenvalue weighted by Crippen LogP contribution is 2.41. The summed E-state index contributed by atoms with van der Waals surface area (Å²) in [4.78, 5) is 9.33. The Balaban J connectivity index is 1.97. The van der Waals surface area contributed by atoms with Crippen molar-refractivity contribution in [3.8, 4) is 11.3 Å². The second kappa shape index (κ2) is 4.58. The minimum atomic E-state index is 0.545. The van der Waals surface area contributed by atoms with E-state index >= 15 is 0 Å². The number of pyridine rings is 1. The maximum Gasteiger partial charge on any atom is 0.132 e. The van der Waals surface area contributed by atoms with Gasteiger partial charge in [0.05, 0.1) is 5.52 Å². The molecular formula is C17H18N4. The molecule has 0 spiro atoms. The quantitative estimate of drug-likeness (QED) is 0.796. The van der Waals surface area contributed by atoms with Gasteiger partial charge >= 0.3 is 0 Å². The predicted octanol–water partition coefficient (Wildman–Crippen LogP) is 3.58. The normalized spacial score (nSPS) is 14.7. The summed E-state index contributed by atoms with van der Waals surface area (Å²) in [5.74, 6) is 1.87. The number of fused-ring (bicyclic) bond motifs is 1. The number of rotatable bonds is 3. The molecule has 0 saturated heterocycles. The highest BCUT2D eigenvalue weighted by Gasteiger charge is 2.29. The molecule has 0 radical (unpaired) electrons. The lowest BCUT2D eigenvalue weighted by Gasteiger charge is -2.07. The lowest BCUT2D eigenvalue weighted by atomic mass is 10.1. The number of benzene rings is 1. The first-order chi connectivity index (χ1) is 10.3. The van der Waals surface area contributed by atoms with Crippen molar-refractivity contribution < 1.29 is 0 Å². The Hall–Kier alpha value is -2.36.